The standard InChI is InChI=1S/C21H31N7O2/c1-8-15(22)11-16(9-2)24-19-23-12-13(3)18(25-19)28(17-10-14(4)26-27-17)20(29)30-21(5,6)7/h8,10-12H,9,22H2,1-7H3,(H,26,27)(H,23,24,25)/b15-8+,16-11+. The number of nitrogens with two attached hydrogens (primary N) is 1. The number of hydrogen-bond acceptors (Lipinski definition) is 7. The molecule has 2 aromatic heterocycles. The molecular weight excluding hydrogens is 382 g/mol. The first-order chi connectivity index (χ1) is 14.0. The minimum Gasteiger partial charge on any atom is -0.443 e. The van der Waals surface area contributed by atoms with Crippen LogP contribution in [0, 0.1) is 13.8 Å². The van der Waals surface area contributed by atoms with E-state index in [1.807, 2.05) is 60.6 Å². The smallest absolute Gasteiger partial charge is 0.422 e. The summed E-state index contributed by atoms with van der Waals surface area (Å²) in [5.41, 5.74) is 8.21. The molecule has 0 unspecified atom stereocenters. The monoisotopic (exact) mass is 413 g/mol. The number of carbonyl (C=O) groups excluding carboxylic acids is 1. The summed E-state index contributed by atoms with van der Waals surface area (Å²) in [5.74, 6) is 1.11. The van der Waals surface area contributed by atoms with Gasteiger partial charge in [-0.25, -0.2) is 14.7 Å². The van der Waals surface area contributed by atoms with Crippen molar-refractivity contribution in [1.82, 2.24) is 20.2 Å². The molecular formula is C21H31N7O2. The first-order valence-electron chi connectivity index (χ1n) is 9.82. The number of aryl methyl sites for hydroxylation is 2. The van der Waals surface area contributed by atoms with Crippen LogP contribution in [0.1, 0.15) is 52.3 Å². The Labute approximate surface area is 177 Å². The van der Waals surface area contributed by atoms with E-state index in [2.05, 4.69) is 25.5 Å². The number of H-pyrrole nitrogens is 1. The fourth-order valence-corrected chi connectivity index (χ4v) is 2.49. The van der Waals surface area contributed by atoms with Crippen molar-refractivity contribution < 1.29 is 9.53 Å². The second-order valence-corrected chi connectivity index (χ2v) is 7.86. The van der Waals surface area contributed by atoms with Crippen molar-refractivity contribution >= 4 is 23.7 Å². The summed E-state index contributed by atoms with van der Waals surface area (Å²) < 4.78 is 5.60. The Morgan fingerprint density at radius 2 is 2.07 bits per heavy atom. The summed E-state index contributed by atoms with van der Waals surface area (Å²) in [6.45, 7) is 13.0. The maximum atomic E-state index is 13.0. The normalized spacial score (nSPS) is 12.6. The Balaban J connectivity index is 2.49. The molecule has 0 fully saturated rings. The molecule has 0 aliphatic heterocycles. The van der Waals surface area contributed by atoms with E-state index in [0.29, 0.717) is 35.3 Å². The van der Waals surface area contributed by atoms with Crippen LogP contribution in [0.4, 0.5) is 22.4 Å². The number of amides is 1. The summed E-state index contributed by atoms with van der Waals surface area (Å²) in [6.07, 6.45) is 5.41. The van der Waals surface area contributed by atoms with Crippen molar-refractivity contribution in [2.45, 2.75) is 60.5 Å². The van der Waals surface area contributed by atoms with E-state index < -0.39 is 11.7 Å². The number of nitrogens with one attached hydrogen (secondary N) is 2. The van der Waals surface area contributed by atoms with Crippen molar-refractivity contribution in [3.05, 3.63) is 47.1 Å². The number of hydrogen-bond donors (Lipinski definition) is 3. The predicted molar refractivity (Wildman–Crippen MR) is 118 cm³/mol. The topological polar surface area (TPSA) is 122 Å². The molecule has 4 N–H and O–H groups in total. The quantitative estimate of drug-likeness (QED) is 0.598. The lowest BCUT2D eigenvalue weighted by Crippen LogP contribution is -2.35. The SMILES string of the molecule is C/C=C(N)\C=C(/CC)Nc1ncc(C)c(N(C(=O)OC(C)(C)C)c2cc(C)[nH]n2)n1. The third kappa shape index (κ3) is 6.07. The van der Waals surface area contributed by atoms with Gasteiger partial charge in [-0.3, -0.25) is 5.10 Å². The first-order valence-corrected chi connectivity index (χ1v) is 9.82. The van der Waals surface area contributed by atoms with Gasteiger partial charge in [0, 0.05) is 34.9 Å². The van der Waals surface area contributed by atoms with Crippen LogP contribution in [0.15, 0.2) is 35.8 Å². The molecule has 0 saturated carbocycles. The van der Waals surface area contributed by atoms with E-state index in [1.54, 1.807) is 12.3 Å². The molecule has 0 bridgehead atoms. The third-order valence-corrected chi connectivity index (χ3v) is 3.98. The summed E-state index contributed by atoms with van der Waals surface area (Å²) in [4.78, 5) is 23.3. The van der Waals surface area contributed by atoms with Crippen molar-refractivity contribution in [1.29, 1.82) is 0 Å². The lowest BCUT2D eigenvalue weighted by atomic mass is 10.2. The van der Waals surface area contributed by atoms with Crippen molar-refractivity contribution in [3.8, 4) is 0 Å². The van der Waals surface area contributed by atoms with Gasteiger partial charge >= 0.3 is 6.09 Å². The Kier molecular flexibility index (Phi) is 7.20. The van der Waals surface area contributed by atoms with Crippen LogP contribution < -0.4 is 16.0 Å². The maximum absolute atomic E-state index is 13.0. The molecule has 0 radical (unpaired) electrons. The Bertz CT molecular complexity index is 955. The molecule has 0 aliphatic rings. The molecule has 2 rings (SSSR count). The number of ether oxygens (including phenoxy) is 1. The van der Waals surface area contributed by atoms with Gasteiger partial charge in [-0.1, -0.05) is 13.0 Å². The zero-order valence-electron chi connectivity index (χ0n) is 18.7. The average molecular weight is 414 g/mol. The lowest BCUT2D eigenvalue weighted by Gasteiger charge is -2.26. The lowest BCUT2D eigenvalue weighted by molar-refractivity contribution is 0.0597. The third-order valence-electron chi connectivity index (χ3n) is 3.98. The Morgan fingerprint density at radius 1 is 1.37 bits per heavy atom. The average Bonchev–Trinajstić information content (AvgIpc) is 3.07. The molecule has 2 aromatic rings. The maximum Gasteiger partial charge on any atom is 0.422 e. The van der Waals surface area contributed by atoms with E-state index in [0.717, 1.165) is 11.4 Å². The van der Waals surface area contributed by atoms with Crippen LogP contribution >= 0.6 is 0 Å². The van der Waals surface area contributed by atoms with Gasteiger partial charge in [0.05, 0.1) is 0 Å². The minimum absolute atomic E-state index is 0.341. The molecule has 0 aromatic carbocycles. The number of nitrogens with zero attached hydrogens (tertiary/aromatic N) is 4. The predicted octanol–water partition coefficient (Wildman–Crippen LogP) is 4.46. The summed E-state index contributed by atoms with van der Waals surface area (Å²) >= 11 is 0. The second-order valence-electron chi connectivity index (χ2n) is 7.86. The van der Waals surface area contributed by atoms with Gasteiger partial charge < -0.3 is 15.8 Å². The number of anilines is 3. The highest BCUT2D eigenvalue weighted by Crippen LogP contribution is 2.28. The zero-order chi connectivity index (χ0) is 22.5. The van der Waals surface area contributed by atoms with Crippen LogP contribution in [-0.4, -0.2) is 31.9 Å². The molecule has 9 heteroatoms. The molecule has 30 heavy (non-hydrogen) atoms. The van der Waals surface area contributed by atoms with E-state index in [4.69, 9.17) is 10.5 Å². The fraction of sp³-hybridized carbons (Fsp3) is 0.429. The molecule has 0 atom stereocenters. The second kappa shape index (κ2) is 9.43. The molecule has 162 valence electrons. The van der Waals surface area contributed by atoms with Crippen LogP contribution in [0.25, 0.3) is 0 Å². The van der Waals surface area contributed by atoms with Crippen LogP contribution in [0.5, 0.6) is 0 Å². The van der Waals surface area contributed by atoms with Gasteiger partial charge in [-0.05, 0) is 54.0 Å². The molecule has 0 spiro atoms. The molecule has 1 amide bonds. The molecule has 0 saturated heterocycles. The van der Waals surface area contributed by atoms with Crippen molar-refractivity contribution in [2.24, 2.45) is 5.73 Å². The Morgan fingerprint density at radius 3 is 2.60 bits per heavy atom. The van der Waals surface area contributed by atoms with Gasteiger partial charge in [0.2, 0.25) is 5.95 Å². The fourth-order valence-electron chi connectivity index (χ4n) is 2.49. The largest absolute Gasteiger partial charge is 0.443 e. The number of aromatic nitrogens is 4. The van der Waals surface area contributed by atoms with E-state index in [9.17, 15) is 4.79 Å². The Hall–Kier alpha value is -3.36. The van der Waals surface area contributed by atoms with E-state index in [1.165, 1.54) is 4.90 Å². The highest BCUT2D eigenvalue weighted by molar-refractivity contribution is 5.95. The number of aromatic amines is 1. The van der Waals surface area contributed by atoms with Gasteiger partial charge in [0.1, 0.15) is 5.60 Å². The number of allylic oxidation sites excluding steroid dienone is 3. The van der Waals surface area contributed by atoms with Gasteiger partial charge in [0.15, 0.2) is 11.6 Å². The van der Waals surface area contributed by atoms with Crippen LogP contribution in [-0.2, 0) is 4.74 Å². The van der Waals surface area contributed by atoms with Crippen molar-refractivity contribution in [2.75, 3.05) is 10.2 Å². The molecule has 2 heterocycles. The van der Waals surface area contributed by atoms with E-state index in [-0.39, 0.29) is 0 Å². The van der Waals surface area contributed by atoms with Gasteiger partial charge in [-0.15, -0.1) is 0 Å². The van der Waals surface area contributed by atoms with E-state index >= 15 is 0 Å². The number of carbonyl (C=O) groups is 1. The highest BCUT2D eigenvalue weighted by atomic mass is 16.6. The first kappa shape index (κ1) is 22.9. The minimum atomic E-state index is -0.676. The van der Waals surface area contributed by atoms with Crippen molar-refractivity contribution in [3.63, 3.8) is 0 Å². The summed E-state index contributed by atoms with van der Waals surface area (Å²) in [5, 5.41) is 10.2. The summed E-state index contributed by atoms with van der Waals surface area (Å²) in [7, 11) is 0. The zero-order valence-corrected chi connectivity index (χ0v) is 18.7. The summed E-state index contributed by atoms with van der Waals surface area (Å²) in [6, 6.07) is 1.75. The van der Waals surface area contributed by atoms with Crippen LogP contribution in [0.3, 0.4) is 0 Å². The highest BCUT2D eigenvalue weighted by Gasteiger charge is 2.29. The molecule has 9 nitrogen and oxygen atoms in total. The molecule has 0 aliphatic carbocycles. The number of rotatable bonds is 6. The van der Waals surface area contributed by atoms with Crippen LogP contribution in [0.2, 0.25) is 0 Å². The van der Waals surface area contributed by atoms with Gasteiger partial charge in [-0.2, -0.15) is 10.1 Å². The van der Waals surface area contributed by atoms with Gasteiger partial charge in [0.25, 0.3) is 0 Å².